The van der Waals surface area contributed by atoms with E-state index < -0.39 is 11.7 Å². The van der Waals surface area contributed by atoms with E-state index in [2.05, 4.69) is 82.1 Å². The van der Waals surface area contributed by atoms with Crippen molar-refractivity contribution in [3.05, 3.63) is 107 Å². The number of aryl methyl sites for hydroxylation is 2. The number of nitrogens with two attached hydrogens (primary N) is 1. The fourth-order valence-corrected chi connectivity index (χ4v) is 9.64. The Kier molecular flexibility index (Phi) is 15.0. The van der Waals surface area contributed by atoms with E-state index in [0.717, 1.165) is 62.1 Å². The van der Waals surface area contributed by atoms with E-state index in [1.54, 1.807) is 46.8 Å². The lowest BCUT2D eigenvalue weighted by Gasteiger charge is -2.31. The Morgan fingerprint density at radius 3 is 2.45 bits per heavy atom. The number of nitrogens with one attached hydrogen (secondary N) is 4. The zero-order chi connectivity index (χ0) is 49.5. The third-order valence-corrected chi connectivity index (χ3v) is 14.1. The van der Waals surface area contributed by atoms with Crippen molar-refractivity contribution in [1.29, 1.82) is 0 Å². The summed E-state index contributed by atoms with van der Waals surface area (Å²) in [6.07, 6.45) is 1.54. The van der Waals surface area contributed by atoms with Crippen molar-refractivity contribution >= 4 is 52.3 Å². The van der Waals surface area contributed by atoms with Gasteiger partial charge in [-0.05, 0) is 118 Å². The van der Waals surface area contributed by atoms with E-state index in [9.17, 15) is 23.2 Å². The molecule has 71 heavy (non-hydrogen) atoms. The molecule has 1 aliphatic carbocycles. The fourth-order valence-electron chi connectivity index (χ4n) is 8.95. The highest BCUT2D eigenvalue weighted by molar-refractivity contribution is 7.99. The number of likely N-dealkylation sites (tertiary alicyclic amines) is 1. The molecule has 3 aliphatic rings. The quantitative estimate of drug-likeness (QED) is 0.0289. The number of benzene rings is 3. The van der Waals surface area contributed by atoms with E-state index >= 15 is 0 Å². The van der Waals surface area contributed by atoms with Gasteiger partial charge in [-0.1, -0.05) is 72.4 Å². The average Bonchev–Trinajstić information content (AvgIpc) is 4.00. The van der Waals surface area contributed by atoms with Gasteiger partial charge in [0.25, 0.3) is 5.91 Å². The molecule has 17 nitrogen and oxygen atoms in total. The summed E-state index contributed by atoms with van der Waals surface area (Å²) in [6, 6.07) is 23.6. The summed E-state index contributed by atoms with van der Waals surface area (Å²) in [5, 5.41) is 21.8. The number of nitrogens with zero attached hydrogens (tertiary/aromatic N) is 7. The Bertz CT molecular complexity index is 2890. The minimum atomic E-state index is -3.75. The molecule has 2 aliphatic heterocycles. The molecule has 0 atom stereocenters. The number of hydrogen-bond acceptors (Lipinski definition) is 14. The number of alkyl halides is 2. The van der Waals surface area contributed by atoms with E-state index in [-0.39, 0.29) is 35.1 Å². The number of pyridine rings is 1. The number of carbonyl (C=O) groups is 3. The van der Waals surface area contributed by atoms with Crippen LogP contribution in [0.1, 0.15) is 78.1 Å². The number of anilines is 2. The van der Waals surface area contributed by atoms with Gasteiger partial charge in [-0.25, -0.2) is 19.6 Å². The first-order chi connectivity index (χ1) is 34.4. The molecule has 5 heterocycles. The van der Waals surface area contributed by atoms with E-state index in [1.807, 2.05) is 19.1 Å². The lowest BCUT2D eigenvalue weighted by Crippen LogP contribution is -2.43. The number of aromatic nitrogens is 6. The molecular weight excluding hydrogens is 931 g/mol. The number of amides is 3. The Morgan fingerprint density at radius 2 is 1.68 bits per heavy atom. The molecule has 6 aromatic rings. The van der Waals surface area contributed by atoms with Gasteiger partial charge in [-0.2, -0.15) is 0 Å². The SMILES string of the molecule is CCCSc1nc(NCCN)c2nnn(Cc3ccc(CCCNC(=O)C4CCN(CCNC(=O)c5cccc(-c6nc(NC(=O)C7(c8ccc9c(c8)OC(F)(F)O9)CC7)ccc6C)c5)CC4)cc3)c2n1. The maximum Gasteiger partial charge on any atom is 0.586 e. The van der Waals surface area contributed by atoms with Crippen LogP contribution in [0.15, 0.2) is 84.0 Å². The Labute approximate surface area is 414 Å². The summed E-state index contributed by atoms with van der Waals surface area (Å²) >= 11 is 1.61. The molecule has 20 heteroatoms. The van der Waals surface area contributed by atoms with Crippen molar-refractivity contribution in [3.63, 3.8) is 0 Å². The summed E-state index contributed by atoms with van der Waals surface area (Å²) < 4.78 is 38.2. The van der Waals surface area contributed by atoms with Gasteiger partial charge in [0.15, 0.2) is 33.6 Å². The third-order valence-electron chi connectivity index (χ3n) is 13.1. The second-order valence-electron chi connectivity index (χ2n) is 18.2. The lowest BCUT2D eigenvalue weighted by atomic mass is 9.94. The minimum Gasteiger partial charge on any atom is -0.395 e. The van der Waals surface area contributed by atoms with Gasteiger partial charge in [0.2, 0.25) is 11.8 Å². The van der Waals surface area contributed by atoms with Gasteiger partial charge in [0.05, 0.1) is 17.7 Å². The van der Waals surface area contributed by atoms with Crippen molar-refractivity contribution in [2.45, 2.75) is 82.2 Å². The van der Waals surface area contributed by atoms with Gasteiger partial charge >= 0.3 is 6.29 Å². The average molecular weight is 989 g/mol. The van der Waals surface area contributed by atoms with Crippen LogP contribution in [0.5, 0.6) is 11.5 Å². The van der Waals surface area contributed by atoms with Crippen LogP contribution in [0.4, 0.5) is 20.4 Å². The topological polar surface area (TPSA) is 216 Å². The highest BCUT2D eigenvalue weighted by atomic mass is 32.2. The zero-order valence-corrected chi connectivity index (χ0v) is 40.6. The van der Waals surface area contributed by atoms with Crippen molar-refractivity contribution in [2.24, 2.45) is 11.7 Å². The number of thioether (sulfide) groups is 1. The van der Waals surface area contributed by atoms with E-state index in [1.165, 1.54) is 17.7 Å². The predicted molar refractivity (Wildman–Crippen MR) is 267 cm³/mol. The molecule has 0 unspecified atom stereocenters. The number of hydrogen-bond donors (Lipinski definition) is 5. The van der Waals surface area contributed by atoms with Gasteiger partial charge in [0.1, 0.15) is 5.82 Å². The summed E-state index contributed by atoms with van der Waals surface area (Å²) in [4.78, 5) is 56.5. The lowest BCUT2D eigenvalue weighted by molar-refractivity contribution is -0.286. The van der Waals surface area contributed by atoms with Crippen LogP contribution < -0.4 is 36.5 Å². The van der Waals surface area contributed by atoms with Gasteiger partial charge in [0, 0.05) is 55.5 Å². The number of ether oxygens (including phenoxy) is 2. The van der Waals surface area contributed by atoms with Crippen molar-refractivity contribution in [3.8, 4) is 22.8 Å². The molecule has 6 N–H and O–H groups in total. The first kappa shape index (κ1) is 49.2. The van der Waals surface area contributed by atoms with Crippen molar-refractivity contribution < 1.29 is 32.6 Å². The third kappa shape index (κ3) is 11.7. The normalized spacial score (nSPS) is 15.9. The van der Waals surface area contributed by atoms with Crippen molar-refractivity contribution in [2.75, 3.05) is 62.2 Å². The Morgan fingerprint density at radius 1 is 0.887 bits per heavy atom. The summed E-state index contributed by atoms with van der Waals surface area (Å²) in [5.41, 5.74) is 11.6. The van der Waals surface area contributed by atoms with Crippen LogP contribution in [0.3, 0.4) is 0 Å². The van der Waals surface area contributed by atoms with Crippen LogP contribution in [-0.2, 0) is 28.0 Å². The molecular formula is C51H58F2N12O5S. The van der Waals surface area contributed by atoms with Crippen LogP contribution in [0.2, 0.25) is 0 Å². The predicted octanol–water partition coefficient (Wildman–Crippen LogP) is 6.70. The first-order valence-corrected chi connectivity index (χ1v) is 25.2. The maximum absolute atomic E-state index is 13.6. The molecule has 3 amide bonds. The maximum atomic E-state index is 13.6. The second kappa shape index (κ2) is 21.7. The molecule has 0 bridgehead atoms. The molecule has 3 aromatic heterocycles. The van der Waals surface area contributed by atoms with E-state index in [4.69, 9.17) is 15.7 Å². The smallest absolute Gasteiger partial charge is 0.395 e. The number of fused-ring (bicyclic) bond motifs is 2. The highest BCUT2D eigenvalue weighted by Gasteiger charge is 2.53. The Hall–Kier alpha value is -6.77. The van der Waals surface area contributed by atoms with Crippen LogP contribution in [0, 0.1) is 12.8 Å². The largest absolute Gasteiger partial charge is 0.586 e. The monoisotopic (exact) mass is 988 g/mol. The molecule has 2 fully saturated rings. The van der Waals surface area contributed by atoms with Crippen molar-refractivity contribution in [1.82, 2.24) is 45.5 Å². The van der Waals surface area contributed by atoms with Crippen LogP contribution in [0.25, 0.3) is 22.4 Å². The summed E-state index contributed by atoms with van der Waals surface area (Å²) in [7, 11) is 0. The summed E-state index contributed by atoms with van der Waals surface area (Å²) in [5.74, 6) is 1.25. The number of carbonyl (C=O) groups excluding carboxylic acids is 3. The highest BCUT2D eigenvalue weighted by Crippen LogP contribution is 2.52. The molecule has 1 saturated heterocycles. The molecule has 1 saturated carbocycles. The summed E-state index contributed by atoms with van der Waals surface area (Å²) in [6.45, 7) is 8.86. The van der Waals surface area contributed by atoms with Crippen LogP contribution in [-0.4, -0.2) is 110 Å². The van der Waals surface area contributed by atoms with E-state index in [0.29, 0.717) is 102 Å². The first-order valence-electron chi connectivity index (χ1n) is 24.2. The number of halogens is 2. The van der Waals surface area contributed by atoms with Gasteiger partial charge in [-0.15, -0.1) is 13.9 Å². The number of piperidine rings is 1. The van der Waals surface area contributed by atoms with Gasteiger partial charge in [-0.3, -0.25) is 14.4 Å². The van der Waals surface area contributed by atoms with Gasteiger partial charge < -0.3 is 41.4 Å². The fraction of sp³-hybridized carbons (Fsp3) is 0.412. The second-order valence-corrected chi connectivity index (χ2v) is 19.3. The molecule has 0 spiro atoms. The molecule has 0 radical (unpaired) electrons. The molecule has 372 valence electrons. The molecule has 3 aromatic carbocycles. The van der Waals surface area contributed by atoms with Crippen LogP contribution >= 0.6 is 11.8 Å². The zero-order valence-electron chi connectivity index (χ0n) is 39.8. The standard InChI is InChI=1S/C51H58F2N12O5S/c1-3-28-71-49-60-44(55-23-21-54)43-45(61-49)65(63-62-43)31-34-12-10-33(11-13-34)6-5-22-56-46(66)35-17-25-64(26-18-35)27-24-57-47(67)37-8-4-7-36(29-37)42-32(2)9-16-41(58-42)59-48(68)50(19-20-50)38-14-15-39-40(30-38)70-51(52,53)69-39/h4,7-16,29-30,35H,3,5-6,17-28,31,54H2,1-2H3,(H,56,66)(H,57,67)(H,55,60,61)(H,58,59,68). The molecule has 9 rings (SSSR count). The Balaban J connectivity index is 0.687. The minimum absolute atomic E-state index is 0.0399. The number of rotatable bonds is 21.